The van der Waals surface area contributed by atoms with Crippen molar-refractivity contribution in [1.29, 1.82) is 0 Å². The number of nitrogens with one attached hydrogen (secondary N) is 1. The third-order valence-corrected chi connectivity index (χ3v) is 4.81. The minimum Gasteiger partial charge on any atom is -0.395 e. The highest BCUT2D eigenvalue weighted by molar-refractivity contribution is 7.89. The number of sulfonamides is 1. The second-order valence-corrected chi connectivity index (χ2v) is 5.94. The number of hydrogen-bond acceptors (Lipinski definition) is 7. The molecular weight excluding hydrogens is 272 g/mol. The SMILES string of the molecule is NNc1ccc(S(=O)(=O)N2CCOCC2CO)cn1. The van der Waals surface area contributed by atoms with Crippen LogP contribution in [0, 0.1) is 0 Å². The number of rotatable bonds is 4. The number of aliphatic hydroxyl groups is 1. The fourth-order valence-corrected chi connectivity index (χ4v) is 3.39. The van der Waals surface area contributed by atoms with Crippen LogP contribution >= 0.6 is 0 Å². The van der Waals surface area contributed by atoms with E-state index < -0.39 is 16.1 Å². The van der Waals surface area contributed by atoms with Gasteiger partial charge in [-0.25, -0.2) is 19.2 Å². The summed E-state index contributed by atoms with van der Waals surface area (Å²) in [4.78, 5) is 3.94. The van der Waals surface area contributed by atoms with E-state index in [1.54, 1.807) is 0 Å². The molecule has 0 aliphatic carbocycles. The summed E-state index contributed by atoms with van der Waals surface area (Å²) in [6.45, 7) is 0.427. The van der Waals surface area contributed by atoms with Crippen LogP contribution < -0.4 is 11.3 Å². The van der Waals surface area contributed by atoms with Crippen molar-refractivity contribution in [2.45, 2.75) is 10.9 Å². The molecule has 0 bridgehead atoms. The fourth-order valence-electron chi connectivity index (χ4n) is 1.85. The normalized spacial score (nSPS) is 21.3. The molecule has 19 heavy (non-hydrogen) atoms. The van der Waals surface area contributed by atoms with E-state index in [1.165, 1.54) is 22.6 Å². The summed E-state index contributed by atoms with van der Waals surface area (Å²) in [6.07, 6.45) is 1.23. The lowest BCUT2D eigenvalue weighted by Gasteiger charge is -2.33. The third kappa shape index (κ3) is 2.85. The number of pyridine rings is 1. The molecule has 1 unspecified atom stereocenters. The van der Waals surface area contributed by atoms with Crippen LogP contribution in [0.15, 0.2) is 23.2 Å². The first-order valence-electron chi connectivity index (χ1n) is 5.72. The van der Waals surface area contributed by atoms with Gasteiger partial charge in [0.15, 0.2) is 0 Å². The van der Waals surface area contributed by atoms with Crippen LogP contribution in [0.5, 0.6) is 0 Å². The molecule has 2 heterocycles. The molecule has 1 aliphatic heterocycles. The Morgan fingerprint density at radius 1 is 1.58 bits per heavy atom. The molecule has 0 spiro atoms. The molecule has 9 heteroatoms. The molecular formula is C10H16N4O4S. The summed E-state index contributed by atoms with van der Waals surface area (Å²) in [7, 11) is -3.69. The number of nitrogens with zero attached hydrogens (tertiary/aromatic N) is 2. The molecule has 1 fully saturated rings. The van der Waals surface area contributed by atoms with Gasteiger partial charge in [0.1, 0.15) is 10.7 Å². The number of nitrogens with two attached hydrogens (primary N) is 1. The average Bonchev–Trinajstić information content (AvgIpc) is 2.47. The molecule has 106 valence electrons. The summed E-state index contributed by atoms with van der Waals surface area (Å²) < 4.78 is 31.2. The van der Waals surface area contributed by atoms with Crippen molar-refractivity contribution < 1.29 is 18.3 Å². The van der Waals surface area contributed by atoms with Crippen molar-refractivity contribution >= 4 is 15.8 Å². The monoisotopic (exact) mass is 288 g/mol. The van der Waals surface area contributed by atoms with Crippen LogP contribution in [-0.2, 0) is 14.8 Å². The van der Waals surface area contributed by atoms with E-state index in [0.717, 1.165) is 0 Å². The van der Waals surface area contributed by atoms with E-state index in [9.17, 15) is 13.5 Å². The highest BCUT2D eigenvalue weighted by Gasteiger charge is 2.33. The fraction of sp³-hybridized carbons (Fsp3) is 0.500. The van der Waals surface area contributed by atoms with Crippen molar-refractivity contribution in [3.05, 3.63) is 18.3 Å². The predicted molar refractivity (Wildman–Crippen MR) is 67.6 cm³/mol. The minimum atomic E-state index is -3.69. The maximum Gasteiger partial charge on any atom is 0.245 e. The van der Waals surface area contributed by atoms with Crippen molar-refractivity contribution in [3.8, 4) is 0 Å². The molecule has 2 rings (SSSR count). The first-order valence-corrected chi connectivity index (χ1v) is 7.16. The van der Waals surface area contributed by atoms with Crippen molar-refractivity contribution in [3.63, 3.8) is 0 Å². The molecule has 0 aromatic carbocycles. The van der Waals surface area contributed by atoms with Gasteiger partial charge < -0.3 is 15.3 Å². The largest absolute Gasteiger partial charge is 0.395 e. The summed E-state index contributed by atoms with van der Waals surface area (Å²) in [6, 6.07) is 2.33. The van der Waals surface area contributed by atoms with Crippen LogP contribution in [0.2, 0.25) is 0 Å². The van der Waals surface area contributed by atoms with Gasteiger partial charge in [-0.1, -0.05) is 0 Å². The van der Waals surface area contributed by atoms with Crippen molar-refractivity contribution in [2.24, 2.45) is 5.84 Å². The lowest BCUT2D eigenvalue weighted by molar-refractivity contribution is 0.0109. The molecule has 1 aromatic heterocycles. The second-order valence-electron chi connectivity index (χ2n) is 4.05. The van der Waals surface area contributed by atoms with E-state index in [1.807, 2.05) is 0 Å². The lowest BCUT2D eigenvalue weighted by atomic mass is 10.3. The molecule has 1 aromatic rings. The third-order valence-electron chi connectivity index (χ3n) is 2.88. The zero-order valence-corrected chi connectivity index (χ0v) is 11.0. The Morgan fingerprint density at radius 2 is 2.37 bits per heavy atom. The zero-order chi connectivity index (χ0) is 13.9. The van der Waals surface area contributed by atoms with Gasteiger partial charge in [0.2, 0.25) is 10.0 Å². The Hall–Kier alpha value is -1.26. The van der Waals surface area contributed by atoms with Gasteiger partial charge in [0.25, 0.3) is 0 Å². The summed E-state index contributed by atoms with van der Waals surface area (Å²) in [5, 5.41) is 9.23. The Bertz CT molecular complexity index is 519. The topological polar surface area (TPSA) is 118 Å². The van der Waals surface area contributed by atoms with Gasteiger partial charge in [-0.3, -0.25) is 0 Å². The summed E-state index contributed by atoms with van der Waals surface area (Å²) in [5.41, 5.74) is 2.33. The van der Waals surface area contributed by atoms with Gasteiger partial charge in [-0.05, 0) is 12.1 Å². The Kier molecular flexibility index (Phi) is 4.32. The minimum absolute atomic E-state index is 0.0619. The van der Waals surface area contributed by atoms with Gasteiger partial charge in [-0.2, -0.15) is 4.31 Å². The average molecular weight is 288 g/mol. The van der Waals surface area contributed by atoms with Crippen LogP contribution in [0.3, 0.4) is 0 Å². The molecule has 8 nitrogen and oxygen atoms in total. The van der Waals surface area contributed by atoms with Crippen LogP contribution in [0.1, 0.15) is 0 Å². The van der Waals surface area contributed by atoms with Crippen molar-refractivity contribution in [1.82, 2.24) is 9.29 Å². The van der Waals surface area contributed by atoms with Crippen LogP contribution in [0.4, 0.5) is 5.82 Å². The smallest absolute Gasteiger partial charge is 0.245 e. The number of hydrazine groups is 1. The molecule has 1 aliphatic rings. The van der Waals surface area contributed by atoms with Gasteiger partial charge in [0.05, 0.1) is 25.9 Å². The van der Waals surface area contributed by atoms with Crippen LogP contribution in [-0.4, -0.2) is 55.2 Å². The van der Waals surface area contributed by atoms with E-state index in [2.05, 4.69) is 10.4 Å². The highest BCUT2D eigenvalue weighted by Crippen LogP contribution is 2.20. The van der Waals surface area contributed by atoms with Gasteiger partial charge >= 0.3 is 0 Å². The maximum absolute atomic E-state index is 12.4. The maximum atomic E-state index is 12.4. The quantitative estimate of drug-likeness (QED) is 0.468. The lowest BCUT2D eigenvalue weighted by Crippen LogP contribution is -2.50. The van der Waals surface area contributed by atoms with E-state index in [0.29, 0.717) is 12.4 Å². The first kappa shape index (κ1) is 14.2. The number of hydrogen-bond donors (Lipinski definition) is 3. The van der Waals surface area contributed by atoms with Gasteiger partial charge in [0, 0.05) is 12.7 Å². The number of aliphatic hydroxyl groups excluding tert-OH is 1. The number of anilines is 1. The molecule has 0 radical (unpaired) electrons. The number of morpholine rings is 1. The molecule has 4 N–H and O–H groups in total. The van der Waals surface area contributed by atoms with Crippen molar-refractivity contribution in [2.75, 3.05) is 31.8 Å². The van der Waals surface area contributed by atoms with Gasteiger partial charge in [-0.15, -0.1) is 0 Å². The van der Waals surface area contributed by atoms with E-state index >= 15 is 0 Å². The second kappa shape index (κ2) is 5.80. The van der Waals surface area contributed by atoms with E-state index in [4.69, 9.17) is 10.6 Å². The standard InChI is InChI=1S/C10H16N4O4S/c11-13-10-2-1-9(5-12-10)19(16,17)14-3-4-18-7-8(14)6-15/h1-2,5,8,15H,3-4,6-7,11H2,(H,12,13). The highest BCUT2D eigenvalue weighted by atomic mass is 32.2. The Labute approximate surface area is 111 Å². The Morgan fingerprint density at radius 3 is 2.95 bits per heavy atom. The molecule has 0 saturated carbocycles. The first-order chi connectivity index (χ1) is 9.09. The number of aromatic nitrogens is 1. The predicted octanol–water partition coefficient (Wildman–Crippen LogP) is -1.25. The Balaban J connectivity index is 2.29. The zero-order valence-electron chi connectivity index (χ0n) is 10.2. The van der Waals surface area contributed by atoms with Crippen LogP contribution in [0.25, 0.3) is 0 Å². The summed E-state index contributed by atoms with van der Waals surface area (Å²) >= 11 is 0. The van der Waals surface area contributed by atoms with E-state index in [-0.39, 0.29) is 24.7 Å². The number of nitrogen functional groups attached to an aromatic ring is 1. The molecule has 1 saturated heterocycles. The summed E-state index contributed by atoms with van der Waals surface area (Å²) in [5.74, 6) is 5.55. The molecule has 1 atom stereocenters. The number of ether oxygens (including phenoxy) is 1. The molecule has 0 amide bonds.